The van der Waals surface area contributed by atoms with Gasteiger partial charge in [-0.2, -0.15) is 5.10 Å². The van der Waals surface area contributed by atoms with Crippen molar-refractivity contribution in [3.8, 4) is 0 Å². The largest absolute Gasteiger partial charge is 0.324 e. The Kier molecular flexibility index (Phi) is 6.69. The molecule has 2 aromatic carbocycles. The van der Waals surface area contributed by atoms with Crippen molar-refractivity contribution in [3.63, 3.8) is 0 Å². The maximum Gasteiger partial charge on any atom is 0.255 e. The molecule has 2 aromatic heterocycles. The molecule has 34 heavy (non-hydrogen) atoms. The summed E-state index contributed by atoms with van der Waals surface area (Å²) in [5.74, 6) is 0.982. The standard InChI is InChI=1S/C24H24N6O3S/c1-16-6-8-19(27-24(31)18-4-3-5-21(13-18)34(2,32)33)12-17(16)7-9-20-14-22(30-29-20)28-23-15-25-10-11-26-23/h3-6,8,10-15H,7,9H2,1-2H3,(H,27,31)(H2,26,28,29,30). The van der Waals surface area contributed by atoms with Crippen LogP contribution in [0.4, 0.5) is 17.3 Å². The van der Waals surface area contributed by atoms with E-state index in [9.17, 15) is 13.2 Å². The van der Waals surface area contributed by atoms with Crippen molar-refractivity contribution >= 4 is 33.1 Å². The molecule has 0 aliphatic heterocycles. The highest BCUT2D eigenvalue weighted by Crippen LogP contribution is 2.20. The summed E-state index contributed by atoms with van der Waals surface area (Å²) in [5, 5.41) is 13.3. The highest BCUT2D eigenvalue weighted by atomic mass is 32.2. The van der Waals surface area contributed by atoms with Crippen LogP contribution in [0.15, 0.2) is 72.0 Å². The molecular weight excluding hydrogens is 452 g/mol. The van der Waals surface area contributed by atoms with E-state index in [1.807, 2.05) is 31.2 Å². The van der Waals surface area contributed by atoms with E-state index >= 15 is 0 Å². The zero-order valence-electron chi connectivity index (χ0n) is 18.7. The number of benzene rings is 2. The zero-order valence-corrected chi connectivity index (χ0v) is 19.6. The van der Waals surface area contributed by atoms with Gasteiger partial charge in [-0.25, -0.2) is 13.4 Å². The lowest BCUT2D eigenvalue weighted by Gasteiger charge is -2.10. The number of hydrogen-bond donors (Lipinski definition) is 3. The number of hydrogen-bond acceptors (Lipinski definition) is 7. The molecule has 0 spiro atoms. The minimum atomic E-state index is -3.39. The Morgan fingerprint density at radius 3 is 2.68 bits per heavy atom. The number of amides is 1. The molecule has 2 heterocycles. The number of nitrogens with one attached hydrogen (secondary N) is 3. The van der Waals surface area contributed by atoms with Crippen LogP contribution >= 0.6 is 0 Å². The normalized spacial score (nSPS) is 11.2. The van der Waals surface area contributed by atoms with Crippen LogP contribution in [0.2, 0.25) is 0 Å². The predicted molar refractivity (Wildman–Crippen MR) is 130 cm³/mol. The lowest BCUT2D eigenvalue weighted by atomic mass is 10.0. The fourth-order valence-electron chi connectivity index (χ4n) is 3.41. The molecule has 0 bridgehead atoms. The van der Waals surface area contributed by atoms with Crippen molar-refractivity contribution in [2.45, 2.75) is 24.7 Å². The van der Waals surface area contributed by atoms with Gasteiger partial charge in [-0.15, -0.1) is 0 Å². The second-order valence-corrected chi connectivity index (χ2v) is 9.90. The summed E-state index contributed by atoms with van der Waals surface area (Å²) in [6, 6.07) is 13.6. The Labute approximate surface area is 197 Å². The Morgan fingerprint density at radius 1 is 1.06 bits per heavy atom. The number of H-pyrrole nitrogens is 1. The summed E-state index contributed by atoms with van der Waals surface area (Å²) < 4.78 is 23.6. The molecule has 10 heteroatoms. The van der Waals surface area contributed by atoms with Gasteiger partial charge in [0.15, 0.2) is 9.84 Å². The number of aromatic amines is 1. The highest BCUT2D eigenvalue weighted by Gasteiger charge is 2.13. The number of rotatable bonds is 8. The van der Waals surface area contributed by atoms with Crippen LogP contribution in [0.5, 0.6) is 0 Å². The van der Waals surface area contributed by atoms with E-state index in [-0.39, 0.29) is 16.4 Å². The third-order valence-corrected chi connectivity index (χ3v) is 6.35. The van der Waals surface area contributed by atoms with Crippen LogP contribution < -0.4 is 10.6 Å². The van der Waals surface area contributed by atoms with Crippen molar-refractivity contribution in [1.82, 2.24) is 20.2 Å². The zero-order chi connectivity index (χ0) is 24.1. The summed E-state index contributed by atoms with van der Waals surface area (Å²) in [5.41, 5.74) is 3.99. The molecular formula is C24H24N6O3S. The summed E-state index contributed by atoms with van der Waals surface area (Å²) in [6.45, 7) is 2.02. The average Bonchev–Trinajstić information content (AvgIpc) is 3.26. The quantitative estimate of drug-likeness (QED) is 0.354. The lowest BCUT2D eigenvalue weighted by Crippen LogP contribution is -2.13. The van der Waals surface area contributed by atoms with Gasteiger partial charge in [0.2, 0.25) is 0 Å². The molecule has 0 unspecified atom stereocenters. The molecule has 0 saturated carbocycles. The molecule has 1 amide bonds. The predicted octanol–water partition coefficient (Wildman–Crippen LogP) is 3.69. The molecule has 4 rings (SSSR count). The summed E-state index contributed by atoms with van der Waals surface area (Å²) in [7, 11) is -3.39. The van der Waals surface area contributed by atoms with E-state index < -0.39 is 9.84 Å². The molecule has 4 aromatic rings. The number of carbonyl (C=O) groups excluding carboxylic acids is 1. The summed E-state index contributed by atoms with van der Waals surface area (Å²) in [4.78, 5) is 21.0. The summed E-state index contributed by atoms with van der Waals surface area (Å²) in [6.07, 6.45) is 7.39. The van der Waals surface area contributed by atoms with E-state index in [1.54, 1.807) is 30.7 Å². The number of sulfone groups is 1. The molecule has 3 N–H and O–H groups in total. The van der Waals surface area contributed by atoms with Gasteiger partial charge in [0, 0.05) is 36.0 Å². The maximum absolute atomic E-state index is 12.7. The van der Waals surface area contributed by atoms with Crippen LogP contribution in [0.3, 0.4) is 0 Å². The Bertz CT molecular complexity index is 1420. The molecule has 0 radical (unpaired) electrons. The minimum absolute atomic E-state index is 0.108. The van der Waals surface area contributed by atoms with E-state index in [0.29, 0.717) is 17.9 Å². The third-order valence-electron chi connectivity index (χ3n) is 5.24. The van der Waals surface area contributed by atoms with Crippen LogP contribution in [-0.4, -0.2) is 40.7 Å². The Hall–Kier alpha value is -4.05. The van der Waals surface area contributed by atoms with Crippen LogP contribution in [0, 0.1) is 6.92 Å². The Morgan fingerprint density at radius 2 is 1.91 bits per heavy atom. The fraction of sp³-hybridized carbons (Fsp3) is 0.167. The smallest absolute Gasteiger partial charge is 0.255 e. The second kappa shape index (κ2) is 9.84. The molecule has 174 valence electrons. The Balaban J connectivity index is 1.41. The monoisotopic (exact) mass is 476 g/mol. The second-order valence-electron chi connectivity index (χ2n) is 7.88. The molecule has 0 fully saturated rings. The first-order valence-corrected chi connectivity index (χ1v) is 12.5. The van der Waals surface area contributed by atoms with Crippen LogP contribution in [0.25, 0.3) is 0 Å². The van der Waals surface area contributed by atoms with Gasteiger partial charge in [-0.1, -0.05) is 12.1 Å². The molecule has 0 saturated heterocycles. The molecule has 0 aliphatic carbocycles. The van der Waals surface area contributed by atoms with Gasteiger partial charge in [0.25, 0.3) is 5.91 Å². The first kappa shape index (κ1) is 23.1. The first-order valence-electron chi connectivity index (χ1n) is 10.6. The molecule has 0 aliphatic rings. The topological polar surface area (TPSA) is 130 Å². The van der Waals surface area contributed by atoms with Crippen molar-refractivity contribution in [1.29, 1.82) is 0 Å². The fourth-order valence-corrected chi connectivity index (χ4v) is 4.08. The van der Waals surface area contributed by atoms with Gasteiger partial charge in [0.05, 0.1) is 16.8 Å². The van der Waals surface area contributed by atoms with Crippen molar-refractivity contribution < 1.29 is 13.2 Å². The van der Waals surface area contributed by atoms with E-state index in [0.717, 1.165) is 35.3 Å². The van der Waals surface area contributed by atoms with Gasteiger partial charge >= 0.3 is 0 Å². The number of carbonyl (C=O) groups is 1. The van der Waals surface area contributed by atoms with Gasteiger partial charge in [0.1, 0.15) is 11.6 Å². The SMILES string of the molecule is Cc1ccc(NC(=O)c2cccc(S(C)(=O)=O)c2)cc1CCc1cc(Nc2cnccn2)[nH]n1. The highest BCUT2D eigenvalue weighted by molar-refractivity contribution is 7.90. The third kappa shape index (κ3) is 5.84. The van der Waals surface area contributed by atoms with Gasteiger partial charge in [-0.3, -0.25) is 14.9 Å². The van der Waals surface area contributed by atoms with Crippen LogP contribution in [0.1, 0.15) is 27.2 Å². The minimum Gasteiger partial charge on any atom is -0.324 e. The maximum atomic E-state index is 12.7. The van der Waals surface area contributed by atoms with Gasteiger partial charge < -0.3 is 10.6 Å². The van der Waals surface area contributed by atoms with Crippen LogP contribution in [-0.2, 0) is 22.7 Å². The number of aromatic nitrogens is 4. The number of aryl methyl sites for hydroxylation is 3. The number of nitrogens with zero attached hydrogens (tertiary/aromatic N) is 3. The molecule has 0 atom stereocenters. The van der Waals surface area contributed by atoms with E-state index in [1.165, 1.54) is 12.1 Å². The summed E-state index contributed by atoms with van der Waals surface area (Å²) >= 11 is 0. The van der Waals surface area contributed by atoms with Gasteiger partial charge in [-0.05, 0) is 61.2 Å². The van der Waals surface area contributed by atoms with Crippen molar-refractivity contribution in [2.75, 3.05) is 16.9 Å². The average molecular weight is 477 g/mol. The molecule has 9 nitrogen and oxygen atoms in total. The van der Waals surface area contributed by atoms with E-state index in [4.69, 9.17) is 0 Å². The number of anilines is 3. The van der Waals surface area contributed by atoms with E-state index in [2.05, 4.69) is 30.8 Å². The first-order chi connectivity index (χ1) is 16.3. The lowest BCUT2D eigenvalue weighted by molar-refractivity contribution is 0.102. The van der Waals surface area contributed by atoms with Crippen molar-refractivity contribution in [3.05, 3.63) is 89.5 Å². The van der Waals surface area contributed by atoms with Crippen molar-refractivity contribution in [2.24, 2.45) is 0 Å².